The molecule has 1 aliphatic rings. The van der Waals surface area contributed by atoms with Gasteiger partial charge in [-0.2, -0.15) is 10.4 Å². The third kappa shape index (κ3) is 2.45. The predicted octanol–water partition coefficient (Wildman–Crippen LogP) is 0.894. The first kappa shape index (κ1) is 13.5. The van der Waals surface area contributed by atoms with Crippen molar-refractivity contribution in [3.63, 3.8) is 0 Å². The molecule has 2 N–H and O–H groups in total. The molecule has 0 aromatic carbocycles. The highest BCUT2D eigenvalue weighted by Crippen LogP contribution is 2.30. The van der Waals surface area contributed by atoms with Crippen molar-refractivity contribution in [1.82, 2.24) is 20.5 Å². The van der Waals surface area contributed by atoms with Gasteiger partial charge >= 0.3 is 0 Å². The summed E-state index contributed by atoms with van der Waals surface area (Å²) in [5.74, 6) is -0.250. The number of nitriles is 1. The quantitative estimate of drug-likeness (QED) is 0.871. The number of nitrogens with one attached hydrogen (secondary N) is 2. The molecule has 7 nitrogen and oxygen atoms in total. The van der Waals surface area contributed by atoms with E-state index in [0.29, 0.717) is 38.2 Å². The van der Waals surface area contributed by atoms with Crippen LogP contribution in [-0.2, 0) is 16.1 Å². The molecule has 1 fully saturated rings. The highest BCUT2D eigenvalue weighted by molar-refractivity contribution is 5.86. The number of hydrogen-bond acceptors (Lipinski definition) is 5. The fraction of sp³-hybridized carbons (Fsp3) is 0.429. The Labute approximate surface area is 121 Å². The number of carbonyl (C=O) groups excluding carboxylic acids is 1. The van der Waals surface area contributed by atoms with Crippen LogP contribution >= 0.6 is 0 Å². The number of fused-ring (bicyclic) bond motifs is 1. The van der Waals surface area contributed by atoms with Crippen LogP contribution in [0.15, 0.2) is 18.3 Å². The largest absolute Gasteiger partial charge is 0.381 e. The maximum Gasteiger partial charge on any atom is 0.240 e. The zero-order valence-corrected chi connectivity index (χ0v) is 11.4. The van der Waals surface area contributed by atoms with Gasteiger partial charge in [-0.05, 0) is 25.0 Å². The second kappa shape index (κ2) is 5.50. The summed E-state index contributed by atoms with van der Waals surface area (Å²) >= 11 is 0. The monoisotopic (exact) mass is 285 g/mol. The average molecular weight is 285 g/mol. The van der Waals surface area contributed by atoms with E-state index in [1.165, 1.54) is 0 Å². The van der Waals surface area contributed by atoms with Crippen LogP contribution in [0.2, 0.25) is 0 Å². The van der Waals surface area contributed by atoms with Crippen molar-refractivity contribution >= 4 is 16.9 Å². The number of pyridine rings is 1. The minimum absolute atomic E-state index is 0.250. The van der Waals surface area contributed by atoms with Crippen LogP contribution in [0, 0.1) is 16.7 Å². The van der Waals surface area contributed by atoms with E-state index in [-0.39, 0.29) is 5.91 Å². The van der Waals surface area contributed by atoms with Crippen LogP contribution in [0.25, 0.3) is 11.0 Å². The SMILES string of the molecule is N#CC1(C(=O)NCc2[nH]nc3ncccc23)CCOCC1. The summed E-state index contributed by atoms with van der Waals surface area (Å²) < 4.78 is 5.23. The maximum absolute atomic E-state index is 12.3. The molecule has 0 bridgehead atoms. The molecule has 21 heavy (non-hydrogen) atoms. The Morgan fingerprint density at radius 1 is 1.52 bits per heavy atom. The molecule has 108 valence electrons. The Balaban J connectivity index is 1.72. The van der Waals surface area contributed by atoms with Gasteiger partial charge in [-0.15, -0.1) is 0 Å². The van der Waals surface area contributed by atoms with Gasteiger partial charge in [0.2, 0.25) is 5.91 Å². The van der Waals surface area contributed by atoms with Gasteiger partial charge in [0, 0.05) is 24.8 Å². The van der Waals surface area contributed by atoms with Gasteiger partial charge in [0.25, 0.3) is 0 Å². The van der Waals surface area contributed by atoms with Crippen molar-refractivity contribution in [1.29, 1.82) is 5.26 Å². The molecule has 0 radical (unpaired) electrons. The summed E-state index contributed by atoms with van der Waals surface area (Å²) in [6.07, 6.45) is 2.53. The number of hydrogen-bond donors (Lipinski definition) is 2. The van der Waals surface area contributed by atoms with E-state index in [2.05, 4.69) is 26.6 Å². The number of carbonyl (C=O) groups is 1. The minimum Gasteiger partial charge on any atom is -0.381 e. The highest BCUT2D eigenvalue weighted by Gasteiger charge is 2.40. The third-order valence-corrected chi connectivity index (χ3v) is 3.83. The van der Waals surface area contributed by atoms with E-state index in [1.54, 1.807) is 6.20 Å². The summed E-state index contributed by atoms with van der Waals surface area (Å²) in [5.41, 5.74) is 0.418. The second-order valence-corrected chi connectivity index (χ2v) is 5.07. The fourth-order valence-corrected chi connectivity index (χ4v) is 2.48. The first-order valence-corrected chi connectivity index (χ1v) is 6.80. The van der Waals surface area contributed by atoms with Crippen LogP contribution in [0.1, 0.15) is 18.5 Å². The van der Waals surface area contributed by atoms with Crippen LogP contribution in [0.5, 0.6) is 0 Å². The Bertz CT molecular complexity index is 697. The minimum atomic E-state index is -0.980. The molecule has 1 aliphatic heterocycles. The molecule has 0 atom stereocenters. The van der Waals surface area contributed by atoms with E-state index < -0.39 is 5.41 Å². The summed E-state index contributed by atoms with van der Waals surface area (Å²) in [7, 11) is 0. The Morgan fingerprint density at radius 2 is 2.33 bits per heavy atom. The van der Waals surface area contributed by atoms with Crippen LogP contribution < -0.4 is 5.32 Å². The molecule has 0 saturated carbocycles. The molecular formula is C14H15N5O2. The first-order valence-electron chi connectivity index (χ1n) is 6.80. The lowest BCUT2D eigenvalue weighted by atomic mass is 9.81. The number of rotatable bonds is 3. The molecule has 2 aromatic rings. The van der Waals surface area contributed by atoms with Crippen molar-refractivity contribution in [3.8, 4) is 6.07 Å². The number of aromatic nitrogens is 3. The summed E-state index contributed by atoms with van der Waals surface area (Å²) in [6, 6.07) is 5.86. The van der Waals surface area contributed by atoms with E-state index in [9.17, 15) is 10.1 Å². The van der Waals surface area contributed by atoms with Gasteiger partial charge in [-0.1, -0.05) is 0 Å². The van der Waals surface area contributed by atoms with Crippen molar-refractivity contribution in [2.24, 2.45) is 5.41 Å². The lowest BCUT2D eigenvalue weighted by molar-refractivity contribution is -0.132. The van der Waals surface area contributed by atoms with Crippen LogP contribution in [0.3, 0.4) is 0 Å². The van der Waals surface area contributed by atoms with Crippen molar-refractivity contribution in [2.75, 3.05) is 13.2 Å². The number of aromatic amines is 1. The van der Waals surface area contributed by atoms with Gasteiger partial charge in [0.1, 0.15) is 5.41 Å². The van der Waals surface area contributed by atoms with Gasteiger partial charge in [0.15, 0.2) is 5.65 Å². The Hall–Kier alpha value is -2.46. The number of amides is 1. The number of H-pyrrole nitrogens is 1. The summed E-state index contributed by atoms with van der Waals surface area (Å²) in [4.78, 5) is 16.5. The summed E-state index contributed by atoms with van der Waals surface area (Å²) in [5, 5.41) is 20.0. The molecule has 7 heteroatoms. The molecule has 0 aliphatic carbocycles. The van der Waals surface area contributed by atoms with Crippen LogP contribution in [-0.4, -0.2) is 34.3 Å². The lowest BCUT2D eigenvalue weighted by Crippen LogP contribution is -2.43. The van der Waals surface area contributed by atoms with Crippen molar-refractivity contribution in [3.05, 3.63) is 24.0 Å². The molecule has 1 amide bonds. The topological polar surface area (TPSA) is 104 Å². The predicted molar refractivity (Wildman–Crippen MR) is 73.8 cm³/mol. The van der Waals surface area contributed by atoms with E-state index in [4.69, 9.17) is 4.74 Å². The van der Waals surface area contributed by atoms with Crippen molar-refractivity contribution in [2.45, 2.75) is 19.4 Å². The van der Waals surface area contributed by atoms with E-state index >= 15 is 0 Å². The third-order valence-electron chi connectivity index (χ3n) is 3.83. The smallest absolute Gasteiger partial charge is 0.240 e. The fourth-order valence-electron chi connectivity index (χ4n) is 2.48. The Kier molecular flexibility index (Phi) is 3.54. The highest BCUT2D eigenvalue weighted by atomic mass is 16.5. The lowest BCUT2D eigenvalue weighted by Gasteiger charge is -2.29. The number of ether oxygens (including phenoxy) is 1. The van der Waals surface area contributed by atoms with Crippen LogP contribution in [0.4, 0.5) is 0 Å². The molecule has 1 saturated heterocycles. The molecule has 3 rings (SSSR count). The van der Waals surface area contributed by atoms with E-state index in [1.807, 2.05) is 12.1 Å². The van der Waals surface area contributed by atoms with E-state index in [0.717, 1.165) is 11.1 Å². The normalized spacial score (nSPS) is 17.3. The first-order chi connectivity index (χ1) is 10.2. The van der Waals surface area contributed by atoms with Crippen molar-refractivity contribution < 1.29 is 9.53 Å². The van der Waals surface area contributed by atoms with Gasteiger partial charge in [-0.3, -0.25) is 9.89 Å². The summed E-state index contributed by atoms with van der Waals surface area (Å²) in [6.45, 7) is 1.18. The van der Waals surface area contributed by atoms with Gasteiger partial charge in [-0.25, -0.2) is 4.98 Å². The maximum atomic E-state index is 12.3. The molecule has 0 unspecified atom stereocenters. The number of nitrogens with zero attached hydrogens (tertiary/aromatic N) is 3. The molecule has 3 heterocycles. The molecule has 0 spiro atoms. The molecular weight excluding hydrogens is 270 g/mol. The molecule has 2 aromatic heterocycles. The zero-order valence-electron chi connectivity index (χ0n) is 11.4. The Morgan fingerprint density at radius 3 is 3.10 bits per heavy atom. The zero-order chi connectivity index (χ0) is 14.7. The second-order valence-electron chi connectivity index (χ2n) is 5.07. The van der Waals surface area contributed by atoms with Gasteiger partial charge in [0.05, 0.1) is 18.3 Å². The standard InChI is InChI=1S/C14H15N5O2/c15-9-14(3-6-21-7-4-14)13(20)17-8-11-10-2-1-5-16-12(10)19-18-11/h1-2,5H,3-4,6-8H2,(H,17,20)(H,16,18,19). The average Bonchev–Trinajstić information content (AvgIpc) is 2.96. The van der Waals surface area contributed by atoms with Gasteiger partial charge < -0.3 is 10.1 Å².